The Morgan fingerprint density at radius 1 is 1.41 bits per heavy atom. The molecule has 0 saturated carbocycles. The Bertz CT molecular complexity index is 584. The van der Waals surface area contributed by atoms with Crippen molar-refractivity contribution in [3.05, 3.63) is 45.5 Å². The predicted molar refractivity (Wildman–Crippen MR) is 78.1 cm³/mol. The molecule has 2 rings (SSSR count). The lowest BCUT2D eigenvalue weighted by atomic mass is 10.1. The minimum absolute atomic E-state index is 0.577. The normalized spacial score (nSPS) is 10.5. The molecule has 88 valence electrons. The van der Waals surface area contributed by atoms with E-state index in [-0.39, 0.29) is 0 Å². The molecule has 1 N–H and O–H groups in total. The first-order chi connectivity index (χ1) is 8.13. The monoisotopic (exact) mass is 330 g/mol. The summed E-state index contributed by atoms with van der Waals surface area (Å²) in [5, 5.41) is 6.11. The SMILES string of the molecule is C=CCNc1ncc(Br)c2cc(Cl)cc(Cl)c12. The van der Waals surface area contributed by atoms with Crippen LogP contribution in [0.2, 0.25) is 10.0 Å². The van der Waals surface area contributed by atoms with E-state index in [1.54, 1.807) is 18.3 Å². The van der Waals surface area contributed by atoms with Gasteiger partial charge in [0, 0.05) is 33.0 Å². The number of benzene rings is 1. The quantitative estimate of drug-likeness (QED) is 0.809. The molecule has 17 heavy (non-hydrogen) atoms. The predicted octanol–water partition coefficient (Wildman–Crippen LogP) is 4.90. The molecule has 0 spiro atoms. The van der Waals surface area contributed by atoms with Gasteiger partial charge in [0.25, 0.3) is 0 Å². The number of rotatable bonds is 3. The summed E-state index contributed by atoms with van der Waals surface area (Å²) in [5.41, 5.74) is 0. The smallest absolute Gasteiger partial charge is 0.135 e. The zero-order chi connectivity index (χ0) is 12.4. The van der Waals surface area contributed by atoms with Gasteiger partial charge in [-0.1, -0.05) is 29.3 Å². The first kappa shape index (κ1) is 12.7. The van der Waals surface area contributed by atoms with Gasteiger partial charge < -0.3 is 5.32 Å². The number of hydrogen-bond acceptors (Lipinski definition) is 2. The summed E-state index contributed by atoms with van der Waals surface area (Å²) in [4.78, 5) is 4.30. The number of nitrogens with one attached hydrogen (secondary N) is 1. The Hall–Kier alpha value is -0.770. The molecule has 2 aromatic rings. The van der Waals surface area contributed by atoms with E-state index >= 15 is 0 Å². The fourth-order valence-electron chi connectivity index (χ4n) is 1.56. The Kier molecular flexibility index (Phi) is 3.92. The van der Waals surface area contributed by atoms with Gasteiger partial charge in [-0.25, -0.2) is 4.98 Å². The molecule has 1 aromatic carbocycles. The molecule has 1 aromatic heterocycles. The van der Waals surface area contributed by atoms with Crippen LogP contribution in [0.4, 0.5) is 5.82 Å². The number of hydrogen-bond donors (Lipinski definition) is 1. The Morgan fingerprint density at radius 3 is 2.88 bits per heavy atom. The fourth-order valence-corrected chi connectivity index (χ4v) is 2.56. The van der Waals surface area contributed by atoms with Crippen LogP contribution in [-0.4, -0.2) is 11.5 Å². The first-order valence-electron chi connectivity index (χ1n) is 4.91. The highest BCUT2D eigenvalue weighted by molar-refractivity contribution is 9.10. The van der Waals surface area contributed by atoms with E-state index in [1.807, 2.05) is 6.07 Å². The Balaban J connectivity index is 2.70. The van der Waals surface area contributed by atoms with Crippen LogP contribution in [0.5, 0.6) is 0 Å². The summed E-state index contributed by atoms with van der Waals surface area (Å²) in [7, 11) is 0. The van der Waals surface area contributed by atoms with Gasteiger partial charge in [-0.2, -0.15) is 0 Å². The van der Waals surface area contributed by atoms with Gasteiger partial charge in [-0.05, 0) is 28.1 Å². The molecule has 0 saturated heterocycles. The number of fused-ring (bicyclic) bond motifs is 1. The van der Waals surface area contributed by atoms with Crippen molar-refractivity contribution in [2.45, 2.75) is 0 Å². The van der Waals surface area contributed by atoms with E-state index in [0.717, 1.165) is 21.1 Å². The van der Waals surface area contributed by atoms with Crippen molar-refractivity contribution in [1.29, 1.82) is 0 Å². The van der Waals surface area contributed by atoms with Gasteiger partial charge in [0.15, 0.2) is 0 Å². The molecule has 5 heteroatoms. The third-order valence-corrected chi connectivity index (χ3v) is 3.42. The van der Waals surface area contributed by atoms with Crippen molar-refractivity contribution in [2.24, 2.45) is 0 Å². The minimum atomic E-state index is 0.577. The summed E-state index contributed by atoms with van der Waals surface area (Å²) >= 11 is 15.6. The van der Waals surface area contributed by atoms with E-state index in [4.69, 9.17) is 23.2 Å². The van der Waals surface area contributed by atoms with Crippen LogP contribution in [0.25, 0.3) is 10.8 Å². The highest BCUT2D eigenvalue weighted by atomic mass is 79.9. The van der Waals surface area contributed by atoms with Crippen LogP contribution < -0.4 is 5.32 Å². The van der Waals surface area contributed by atoms with Gasteiger partial charge in [0.05, 0.1) is 5.02 Å². The van der Waals surface area contributed by atoms with E-state index in [1.165, 1.54) is 0 Å². The number of anilines is 1. The van der Waals surface area contributed by atoms with Crippen LogP contribution in [0, 0.1) is 0 Å². The second-order valence-corrected chi connectivity index (χ2v) is 5.13. The maximum Gasteiger partial charge on any atom is 0.135 e. The third-order valence-electron chi connectivity index (χ3n) is 2.27. The number of aromatic nitrogens is 1. The van der Waals surface area contributed by atoms with Gasteiger partial charge in [-0.3, -0.25) is 0 Å². The van der Waals surface area contributed by atoms with Crippen LogP contribution in [0.1, 0.15) is 0 Å². The molecular formula is C12H9BrCl2N2. The molecule has 0 radical (unpaired) electrons. The second kappa shape index (κ2) is 5.25. The second-order valence-electron chi connectivity index (χ2n) is 3.43. The van der Waals surface area contributed by atoms with Crippen molar-refractivity contribution in [3.63, 3.8) is 0 Å². The van der Waals surface area contributed by atoms with Gasteiger partial charge >= 0.3 is 0 Å². The van der Waals surface area contributed by atoms with E-state index in [2.05, 4.69) is 32.8 Å². The minimum Gasteiger partial charge on any atom is -0.366 e. The third kappa shape index (κ3) is 2.57. The summed E-state index contributed by atoms with van der Waals surface area (Å²) in [6.45, 7) is 4.28. The average Bonchev–Trinajstić information content (AvgIpc) is 2.28. The molecule has 2 nitrogen and oxygen atoms in total. The van der Waals surface area contributed by atoms with Crippen LogP contribution >= 0.6 is 39.1 Å². The Morgan fingerprint density at radius 2 is 2.18 bits per heavy atom. The molecule has 0 atom stereocenters. The van der Waals surface area contributed by atoms with Crippen molar-refractivity contribution >= 4 is 55.7 Å². The van der Waals surface area contributed by atoms with Gasteiger partial charge in [-0.15, -0.1) is 6.58 Å². The molecule has 0 aliphatic rings. The van der Waals surface area contributed by atoms with Gasteiger partial charge in [0.2, 0.25) is 0 Å². The maximum absolute atomic E-state index is 6.21. The first-order valence-corrected chi connectivity index (χ1v) is 6.46. The van der Waals surface area contributed by atoms with E-state index in [9.17, 15) is 0 Å². The van der Waals surface area contributed by atoms with Crippen molar-refractivity contribution in [1.82, 2.24) is 4.98 Å². The number of halogens is 3. The van der Waals surface area contributed by atoms with E-state index < -0.39 is 0 Å². The lowest BCUT2D eigenvalue weighted by Gasteiger charge is -2.10. The molecule has 0 amide bonds. The molecule has 0 aliphatic carbocycles. The van der Waals surface area contributed by atoms with Crippen molar-refractivity contribution in [2.75, 3.05) is 11.9 Å². The zero-order valence-corrected chi connectivity index (χ0v) is 11.9. The molecule has 0 bridgehead atoms. The Labute approximate surface area is 118 Å². The standard InChI is InChI=1S/C12H9BrCl2N2/c1-2-3-16-12-11-8(9(13)6-17-12)4-7(14)5-10(11)15/h2,4-6H,1,3H2,(H,16,17). The summed E-state index contributed by atoms with van der Waals surface area (Å²) in [6.07, 6.45) is 3.49. The molecule has 0 unspecified atom stereocenters. The topological polar surface area (TPSA) is 24.9 Å². The molecule has 1 heterocycles. The average molecular weight is 332 g/mol. The van der Waals surface area contributed by atoms with Crippen LogP contribution in [0.15, 0.2) is 35.5 Å². The lowest BCUT2D eigenvalue weighted by molar-refractivity contribution is 1.24. The number of nitrogens with zero attached hydrogens (tertiary/aromatic N) is 1. The lowest BCUT2D eigenvalue weighted by Crippen LogP contribution is -2.01. The zero-order valence-electron chi connectivity index (χ0n) is 8.80. The summed E-state index contributed by atoms with van der Waals surface area (Å²) < 4.78 is 0.862. The largest absolute Gasteiger partial charge is 0.366 e. The number of pyridine rings is 1. The molecule has 0 aliphatic heterocycles. The van der Waals surface area contributed by atoms with Crippen LogP contribution in [0.3, 0.4) is 0 Å². The maximum atomic E-state index is 6.21. The van der Waals surface area contributed by atoms with Crippen molar-refractivity contribution in [3.8, 4) is 0 Å². The highest BCUT2D eigenvalue weighted by Crippen LogP contribution is 2.35. The molecule has 0 fully saturated rings. The van der Waals surface area contributed by atoms with E-state index in [0.29, 0.717) is 16.6 Å². The van der Waals surface area contributed by atoms with Gasteiger partial charge in [0.1, 0.15) is 5.82 Å². The summed E-state index contributed by atoms with van der Waals surface area (Å²) in [6, 6.07) is 3.56. The molecular weight excluding hydrogens is 323 g/mol. The summed E-state index contributed by atoms with van der Waals surface area (Å²) in [5.74, 6) is 0.727. The highest BCUT2D eigenvalue weighted by Gasteiger charge is 2.10. The van der Waals surface area contributed by atoms with Crippen LogP contribution in [-0.2, 0) is 0 Å². The fraction of sp³-hybridized carbons (Fsp3) is 0.0833. The van der Waals surface area contributed by atoms with Crippen molar-refractivity contribution < 1.29 is 0 Å².